The molecule has 0 saturated heterocycles. The molecule has 2 rings (SSSR count). The van der Waals surface area contributed by atoms with Crippen molar-refractivity contribution in [2.45, 2.75) is 10.4 Å². The molecule has 4 nitrogen and oxygen atoms in total. The van der Waals surface area contributed by atoms with E-state index in [4.69, 9.17) is 10.00 Å². The van der Waals surface area contributed by atoms with Gasteiger partial charge in [0.15, 0.2) is 0 Å². The maximum absolute atomic E-state index is 12.5. The molecule has 0 bridgehead atoms. The van der Waals surface area contributed by atoms with Crippen LogP contribution in [-0.2, 0) is 9.84 Å². The third-order valence-corrected chi connectivity index (χ3v) is 4.81. The highest BCUT2D eigenvalue weighted by molar-refractivity contribution is 9.10. The van der Waals surface area contributed by atoms with Gasteiger partial charge in [-0.05, 0) is 52.3 Å². The lowest BCUT2D eigenvalue weighted by Gasteiger charge is -2.11. The van der Waals surface area contributed by atoms with Gasteiger partial charge >= 0.3 is 5.51 Å². The third kappa shape index (κ3) is 3.65. The molecule has 0 atom stereocenters. The molecule has 9 heteroatoms. The number of rotatable bonds is 3. The molecule has 0 aliphatic carbocycles. The summed E-state index contributed by atoms with van der Waals surface area (Å²) in [4.78, 5) is -0.894. The van der Waals surface area contributed by atoms with E-state index in [9.17, 15) is 21.6 Å². The number of sulfone groups is 1. The lowest BCUT2D eigenvalue weighted by Crippen LogP contribution is -2.23. The summed E-state index contributed by atoms with van der Waals surface area (Å²) in [7, 11) is -5.43. The molecule has 0 N–H and O–H groups in total. The maximum Gasteiger partial charge on any atom is 0.501 e. The van der Waals surface area contributed by atoms with Gasteiger partial charge in [-0.1, -0.05) is 6.07 Å². The number of nitriles is 1. The average Bonchev–Trinajstić information content (AvgIpc) is 2.48. The second-order valence-electron chi connectivity index (χ2n) is 4.28. The first-order chi connectivity index (χ1) is 10.6. The Kier molecular flexibility index (Phi) is 4.68. The van der Waals surface area contributed by atoms with Crippen molar-refractivity contribution < 1.29 is 26.3 Å². The van der Waals surface area contributed by atoms with Crippen molar-refractivity contribution in [1.29, 1.82) is 5.26 Å². The third-order valence-electron chi connectivity index (χ3n) is 2.71. The fraction of sp³-hybridized carbons (Fsp3) is 0.0714. The molecule has 2 aromatic rings. The summed E-state index contributed by atoms with van der Waals surface area (Å²) < 4.78 is 65.7. The Balaban J connectivity index is 2.36. The van der Waals surface area contributed by atoms with E-state index < -0.39 is 20.2 Å². The van der Waals surface area contributed by atoms with Crippen LogP contribution in [0.3, 0.4) is 0 Å². The van der Waals surface area contributed by atoms with E-state index in [0.29, 0.717) is 5.56 Å². The van der Waals surface area contributed by atoms with Gasteiger partial charge in [-0.15, -0.1) is 0 Å². The minimum Gasteiger partial charge on any atom is -0.456 e. The van der Waals surface area contributed by atoms with E-state index in [-0.39, 0.29) is 16.0 Å². The maximum atomic E-state index is 12.5. The van der Waals surface area contributed by atoms with Crippen molar-refractivity contribution in [2.24, 2.45) is 0 Å². The van der Waals surface area contributed by atoms with E-state index in [1.54, 1.807) is 18.2 Å². The van der Waals surface area contributed by atoms with E-state index in [1.807, 2.05) is 6.07 Å². The number of alkyl halides is 3. The van der Waals surface area contributed by atoms with Crippen LogP contribution in [0.2, 0.25) is 0 Å². The molecular weight excluding hydrogens is 399 g/mol. The van der Waals surface area contributed by atoms with Gasteiger partial charge in [0.25, 0.3) is 9.84 Å². The number of benzene rings is 2. The number of nitrogens with zero attached hydrogens (tertiary/aromatic N) is 1. The second-order valence-corrected chi connectivity index (χ2v) is 7.08. The van der Waals surface area contributed by atoms with Gasteiger partial charge < -0.3 is 4.74 Å². The van der Waals surface area contributed by atoms with Gasteiger partial charge in [-0.25, -0.2) is 8.42 Å². The molecule has 0 aliphatic rings. The fourth-order valence-electron chi connectivity index (χ4n) is 1.62. The first kappa shape index (κ1) is 17.3. The zero-order chi connectivity index (χ0) is 17.3. The molecule has 0 radical (unpaired) electrons. The van der Waals surface area contributed by atoms with Gasteiger partial charge in [0.05, 0.1) is 21.0 Å². The van der Waals surface area contributed by atoms with Crippen molar-refractivity contribution in [2.75, 3.05) is 0 Å². The summed E-state index contributed by atoms with van der Waals surface area (Å²) in [6.45, 7) is 0. The normalized spacial score (nSPS) is 11.8. The first-order valence-electron chi connectivity index (χ1n) is 5.94. The second kappa shape index (κ2) is 6.22. The summed E-state index contributed by atoms with van der Waals surface area (Å²) in [5.74, 6) is 0.400. The van der Waals surface area contributed by atoms with Crippen LogP contribution in [0.5, 0.6) is 11.5 Å². The van der Waals surface area contributed by atoms with Gasteiger partial charge in [0.2, 0.25) is 0 Å². The van der Waals surface area contributed by atoms with Crippen LogP contribution in [0.25, 0.3) is 0 Å². The molecule has 0 fully saturated rings. The standard InChI is InChI=1S/C14H7BrF3NO3S/c15-12-7-11(23(20,21)14(16,17)18)4-5-13(12)22-10-3-1-2-9(6-10)8-19/h1-7H. The van der Waals surface area contributed by atoms with Crippen LogP contribution in [0, 0.1) is 11.3 Å². The van der Waals surface area contributed by atoms with Crippen LogP contribution >= 0.6 is 15.9 Å². The number of hydrogen-bond donors (Lipinski definition) is 0. The van der Waals surface area contributed by atoms with Gasteiger partial charge in [-0.2, -0.15) is 18.4 Å². The smallest absolute Gasteiger partial charge is 0.456 e. The lowest BCUT2D eigenvalue weighted by atomic mass is 10.2. The molecule has 120 valence electrons. The van der Waals surface area contributed by atoms with Crippen LogP contribution < -0.4 is 4.74 Å². The van der Waals surface area contributed by atoms with Gasteiger partial charge in [-0.3, -0.25) is 0 Å². The minimum atomic E-state index is -5.43. The molecule has 0 amide bonds. The number of halogens is 4. The van der Waals surface area contributed by atoms with Gasteiger partial charge in [0.1, 0.15) is 11.5 Å². The average molecular weight is 406 g/mol. The van der Waals surface area contributed by atoms with Crippen molar-refractivity contribution in [3.05, 3.63) is 52.5 Å². The number of hydrogen-bond acceptors (Lipinski definition) is 4. The highest BCUT2D eigenvalue weighted by atomic mass is 79.9. The summed E-state index contributed by atoms with van der Waals surface area (Å²) in [6, 6.07) is 10.7. The molecule has 0 aromatic heterocycles. The monoisotopic (exact) mass is 405 g/mol. The zero-order valence-electron chi connectivity index (χ0n) is 11.1. The topological polar surface area (TPSA) is 67.2 Å². The molecule has 0 heterocycles. The Morgan fingerprint density at radius 2 is 1.83 bits per heavy atom. The van der Waals surface area contributed by atoms with E-state index in [0.717, 1.165) is 18.2 Å². The molecule has 23 heavy (non-hydrogen) atoms. The summed E-state index contributed by atoms with van der Waals surface area (Å²) in [5, 5.41) is 8.80. The lowest BCUT2D eigenvalue weighted by molar-refractivity contribution is -0.0436. The quantitative estimate of drug-likeness (QED) is 0.758. The van der Waals surface area contributed by atoms with Crippen molar-refractivity contribution in [1.82, 2.24) is 0 Å². The Labute approximate surface area is 138 Å². The van der Waals surface area contributed by atoms with Crippen molar-refractivity contribution >= 4 is 25.8 Å². The van der Waals surface area contributed by atoms with Crippen LogP contribution in [0.4, 0.5) is 13.2 Å². The van der Waals surface area contributed by atoms with E-state index in [1.165, 1.54) is 6.07 Å². The SMILES string of the molecule is N#Cc1cccc(Oc2ccc(S(=O)(=O)C(F)(F)F)cc2Br)c1. The molecule has 0 saturated carbocycles. The minimum absolute atomic E-state index is 0.0326. The van der Waals surface area contributed by atoms with Crippen LogP contribution in [-0.4, -0.2) is 13.9 Å². The molecule has 0 aliphatic heterocycles. The van der Waals surface area contributed by atoms with E-state index in [2.05, 4.69) is 15.9 Å². The summed E-state index contributed by atoms with van der Waals surface area (Å²) in [6.07, 6.45) is 0. The zero-order valence-corrected chi connectivity index (χ0v) is 13.5. The number of ether oxygens (including phenoxy) is 1. The fourth-order valence-corrected chi connectivity index (χ4v) is 3.02. The predicted molar refractivity (Wildman–Crippen MR) is 78.6 cm³/mol. The Hall–Kier alpha value is -2.05. The van der Waals surface area contributed by atoms with Crippen molar-refractivity contribution in [3.63, 3.8) is 0 Å². The molecule has 0 spiro atoms. The van der Waals surface area contributed by atoms with Crippen LogP contribution in [0.1, 0.15) is 5.56 Å². The van der Waals surface area contributed by atoms with Gasteiger partial charge in [0, 0.05) is 0 Å². The summed E-state index contributed by atoms with van der Waals surface area (Å²) in [5.41, 5.74) is -5.04. The highest BCUT2D eigenvalue weighted by Gasteiger charge is 2.47. The summed E-state index contributed by atoms with van der Waals surface area (Å²) >= 11 is 2.98. The first-order valence-corrected chi connectivity index (χ1v) is 8.21. The Bertz CT molecular complexity index is 889. The largest absolute Gasteiger partial charge is 0.501 e. The molecule has 0 unspecified atom stereocenters. The molecule has 2 aromatic carbocycles. The Morgan fingerprint density at radius 1 is 1.13 bits per heavy atom. The van der Waals surface area contributed by atoms with Crippen LogP contribution in [0.15, 0.2) is 51.8 Å². The highest BCUT2D eigenvalue weighted by Crippen LogP contribution is 2.36. The Morgan fingerprint density at radius 3 is 2.39 bits per heavy atom. The van der Waals surface area contributed by atoms with Crippen molar-refractivity contribution in [3.8, 4) is 17.6 Å². The predicted octanol–water partition coefficient (Wildman–Crippen LogP) is 4.41. The molecular formula is C14H7BrF3NO3S. The van der Waals surface area contributed by atoms with E-state index >= 15 is 0 Å².